The summed E-state index contributed by atoms with van der Waals surface area (Å²) < 4.78 is 30.6. The lowest BCUT2D eigenvalue weighted by Crippen LogP contribution is -2.01. The van der Waals surface area contributed by atoms with E-state index in [0.717, 1.165) is 10.7 Å². The van der Waals surface area contributed by atoms with Gasteiger partial charge >= 0.3 is 5.97 Å². The van der Waals surface area contributed by atoms with Crippen LogP contribution in [0.3, 0.4) is 0 Å². The second kappa shape index (κ2) is 4.89. The van der Waals surface area contributed by atoms with Gasteiger partial charge in [0, 0.05) is 10.0 Å². The van der Waals surface area contributed by atoms with Crippen LogP contribution in [-0.2, 0) is 0 Å². The number of hydrogen-bond acceptors (Lipinski definition) is 2. The number of carbonyl (C=O) groups is 1. The van der Waals surface area contributed by atoms with E-state index in [1.165, 1.54) is 0 Å². The first-order valence-electron chi connectivity index (χ1n) is 4.89. The normalized spacial score (nSPS) is 10.9. The molecule has 0 saturated carbocycles. The van der Waals surface area contributed by atoms with Gasteiger partial charge in [0.05, 0.1) is 6.26 Å². The summed E-state index contributed by atoms with van der Waals surface area (Å²) in [6.07, 6.45) is -1.93. The summed E-state index contributed by atoms with van der Waals surface area (Å²) >= 11 is 3.23. The Morgan fingerprint density at radius 3 is 2.67 bits per heavy atom. The fourth-order valence-corrected chi connectivity index (χ4v) is 2.02. The Morgan fingerprint density at radius 1 is 1.39 bits per heavy atom. The first-order chi connectivity index (χ1) is 8.50. The molecule has 94 valence electrons. The number of alkyl halides is 2. The maximum absolute atomic E-state index is 12.6. The summed E-state index contributed by atoms with van der Waals surface area (Å²) in [6, 6.07) is 6.68. The molecule has 0 bridgehead atoms. The zero-order valence-corrected chi connectivity index (χ0v) is 10.4. The quantitative estimate of drug-likeness (QED) is 0.916. The Morgan fingerprint density at radius 2 is 2.11 bits per heavy atom. The smallest absolute Gasteiger partial charge is 0.340 e. The van der Waals surface area contributed by atoms with Crippen molar-refractivity contribution in [2.45, 2.75) is 6.43 Å². The van der Waals surface area contributed by atoms with E-state index < -0.39 is 23.7 Å². The topological polar surface area (TPSA) is 50.4 Å². The van der Waals surface area contributed by atoms with Crippen molar-refractivity contribution in [3.8, 4) is 11.1 Å². The molecule has 1 heterocycles. The third-order valence-electron chi connectivity index (χ3n) is 2.37. The van der Waals surface area contributed by atoms with Gasteiger partial charge < -0.3 is 9.52 Å². The number of rotatable bonds is 3. The Bertz CT molecular complexity index is 593. The minimum absolute atomic E-state index is 0.138. The van der Waals surface area contributed by atoms with Crippen LogP contribution in [-0.4, -0.2) is 11.1 Å². The standard InChI is InChI=1S/C12H7BrF2O3/c13-7-3-1-2-6(4-7)8-5-18-10(11(14)15)9(8)12(16)17/h1-5,11H,(H,16,17). The van der Waals surface area contributed by atoms with E-state index in [9.17, 15) is 13.6 Å². The van der Waals surface area contributed by atoms with Crippen LogP contribution in [0.15, 0.2) is 39.4 Å². The zero-order valence-electron chi connectivity index (χ0n) is 8.86. The molecule has 1 aromatic heterocycles. The molecule has 18 heavy (non-hydrogen) atoms. The maximum atomic E-state index is 12.6. The SMILES string of the molecule is O=C(O)c1c(-c2cccc(Br)c2)coc1C(F)F. The van der Waals surface area contributed by atoms with Crippen LogP contribution < -0.4 is 0 Å². The Balaban J connectivity index is 2.62. The largest absolute Gasteiger partial charge is 0.478 e. The molecule has 1 aromatic carbocycles. The lowest BCUT2D eigenvalue weighted by atomic mass is 10.0. The molecular weight excluding hydrogens is 310 g/mol. The minimum atomic E-state index is -2.96. The molecule has 0 aliphatic heterocycles. The number of carboxylic acids is 1. The van der Waals surface area contributed by atoms with Crippen molar-refractivity contribution in [1.29, 1.82) is 0 Å². The first kappa shape index (κ1) is 12.8. The molecule has 0 radical (unpaired) electrons. The van der Waals surface area contributed by atoms with Gasteiger partial charge in [-0.25, -0.2) is 13.6 Å². The molecule has 2 aromatic rings. The van der Waals surface area contributed by atoms with Crippen molar-refractivity contribution in [2.24, 2.45) is 0 Å². The Kier molecular flexibility index (Phi) is 3.47. The van der Waals surface area contributed by atoms with Crippen LogP contribution in [0.25, 0.3) is 11.1 Å². The van der Waals surface area contributed by atoms with Gasteiger partial charge in [0.15, 0.2) is 5.76 Å². The highest BCUT2D eigenvalue weighted by Crippen LogP contribution is 2.34. The molecule has 6 heteroatoms. The Hall–Kier alpha value is -1.69. The van der Waals surface area contributed by atoms with E-state index in [2.05, 4.69) is 20.3 Å². The number of aromatic carboxylic acids is 1. The van der Waals surface area contributed by atoms with E-state index in [-0.39, 0.29) is 5.56 Å². The van der Waals surface area contributed by atoms with Crippen LogP contribution in [0.4, 0.5) is 8.78 Å². The van der Waals surface area contributed by atoms with Gasteiger partial charge in [0.25, 0.3) is 6.43 Å². The van der Waals surface area contributed by atoms with Crippen molar-refractivity contribution in [3.05, 3.63) is 46.3 Å². The molecule has 0 fully saturated rings. The van der Waals surface area contributed by atoms with Crippen molar-refractivity contribution >= 4 is 21.9 Å². The fourth-order valence-electron chi connectivity index (χ4n) is 1.62. The van der Waals surface area contributed by atoms with E-state index in [0.29, 0.717) is 5.56 Å². The maximum Gasteiger partial charge on any atom is 0.340 e. The molecule has 0 aliphatic rings. The second-order valence-electron chi connectivity index (χ2n) is 3.50. The zero-order chi connectivity index (χ0) is 13.3. The number of hydrogen-bond donors (Lipinski definition) is 1. The van der Waals surface area contributed by atoms with Crippen LogP contribution >= 0.6 is 15.9 Å². The molecule has 0 amide bonds. The molecule has 1 N–H and O–H groups in total. The van der Waals surface area contributed by atoms with Gasteiger partial charge in [-0.15, -0.1) is 0 Å². The fraction of sp³-hybridized carbons (Fsp3) is 0.0833. The molecule has 0 spiro atoms. The van der Waals surface area contributed by atoms with Crippen molar-refractivity contribution in [2.75, 3.05) is 0 Å². The number of furan rings is 1. The number of benzene rings is 1. The number of carboxylic acid groups (broad SMARTS) is 1. The highest BCUT2D eigenvalue weighted by atomic mass is 79.9. The molecule has 0 unspecified atom stereocenters. The molecule has 3 nitrogen and oxygen atoms in total. The predicted octanol–water partition coefficient (Wildman–Crippen LogP) is 4.34. The lowest BCUT2D eigenvalue weighted by molar-refractivity contribution is 0.0674. The van der Waals surface area contributed by atoms with E-state index >= 15 is 0 Å². The molecule has 0 aliphatic carbocycles. The summed E-state index contributed by atoms with van der Waals surface area (Å²) in [4.78, 5) is 11.1. The molecular formula is C12H7BrF2O3. The average Bonchev–Trinajstić information content (AvgIpc) is 2.73. The van der Waals surface area contributed by atoms with Crippen LogP contribution in [0.1, 0.15) is 22.5 Å². The number of halogens is 3. The van der Waals surface area contributed by atoms with E-state index in [4.69, 9.17) is 5.11 Å². The first-order valence-corrected chi connectivity index (χ1v) is 5.68. The third kappa shape index (κ3) is 2.28. The monoisotopic (exact) mass is 316 g/mol. The molecule has 2 rings (SSSR count). The predicted molar refractivity (Wildman–Crippen MR) is 63.8 cm³/mol. The van der Waals surface area contributed by atoms with Gasteiger partial charge in [-0.1, -0.05) is 28.1 Å². The van der Waals surface area contributed by atoms with Gasteiger partial charge in [-0.05, 0) is 17.7 Å². The van der Waals surface area contributed by atoms with E-state index in [1.807, 2.05) is 0 Å². The van der Waals surface area contributed by atoms with Crippen LogP contribution in [0.5, 0.6) is 0 Å². The van der Waals surface area contributed by atoms with Crippen molar-refractivity contribution < 1.29 is 23.1 Å². The van der Waals surface area contributed by atoms with E-state index in [1.54, 1.807) is 24.3 Å². The summed E-state index contributed by atoms with van der Waals surface area (Å²) in [7, 11) is 0. The van der Waals surface area contributed by atoms with Crippen molar-refractivity contribution in [1.82, 2.24) is 0 Å². The Labute approximate surface area is 109 Å². The van der Waals surface area contributed by atoms with Gasteiger partial charge in [0.1, 0.15) is 5.56 Å². The van der Waals surface area contributed by atoms with Crippen LogP contribution in [0, 0.1) is 0 Å². The van der Waals surface area contributed by atoms with Crippen molar-refractivity contribution in [3.63, 3.8) is 0 Å². The molecule has 0 atom stereocenters. The van der Waals surface area contributed by atoms with Gasteiger partial charge in [0.2, 0.25) is 0 Å². The van der Waals surface area contributed by atoms with Gasteiger partial charge in [-0.2, -0.15) is 0 Å². The third-order valence-corrected chi connectivity index (χ3v) is 2.86. The highest BCUT2D eigenvalue weighted by Gasteiger charge is 2.27. The summed E-state index contributed by atoms with van der Waals surface area (Å²) in [5.74, 6) is -2.26. The summed E-state index contributed by atoms with van der Waals surface area (Å²) in [6.45, 7) is 0. The highest BCUT2D eigenvalue weighted by molar-refractivity contribution is 9.10. The van der Waals surface area contributed by atoms with Gasteiger partial charge in [-0.3, -0.25) is 0 Å². The summed E-state index contributed by atoms with van der Waals surface area (Å²) in [5.41, 5.74) is 0.139. The second-order valence-corrected chi connectivity index (χ2v) is 4.42. The average molecular weight is 317 g/mol. The lowest BCUT2D eigenvalue weighted by Gasteiger charge is -2.01. The summed E-state index contributed by atoms with van der Waals surface area (Å²) in [5, 5.41) is 9.01. The minimum Gasteiger partial charge on any atom is -0.478 e. The van der Waals surface area contributed by atoms with Crippen LogP contribution in [0.2, 0.25) is 0 Å². The molecule has 0 saturated heterocycles.